The van der Waals surface area contributed by atoms with E-state index in [9.17, 15) is 14.0 Å². The molecule has 208 valence electrons. The van der Waals surface area contributed by atoms with Gasteiger partial charge in [-0.15, -0.1) is 0 Å². The minimum atomic E-state index is -0.347. The van der Waals surface area contributed by atoms with Gasteiger partial charge in [-0.25, -0.2) is 4.39 Å². The Morgan fingerprint density at radius 3 is 2.33 bits per heavy atom. The first kappa shape index (κ1) is 27.9. The van der Waals surface area contributed by atoms with E-state index in [2.05, 4.69) is 18.7 Å². The molecule has 0 bridgehead atoms. The third-order valence-corrected chi connectivity index (χ3v) is 7.66. The van der Waals surface area contributed by atoms with Gasteiger partial charge in [-0.1, -0.05) is 39.0 Å². The Labute approximate surface area is 234 Å². The van der Waals surface area contributed by atoms with Crippen LogP contribution in [0.2, 0.25) is 0 Å². The van der Waals surface area contributed by atoms with Crippen LogP contribution in [0.5, 0.6) is 0 Å². The van der Waals surface area contributed by atoms with Crippen LogP contribution in [0.3, 0.4) is 0 Å². The summed E-state index contributed by atoms with van der Waals surface area (Å²) in [6.45, 7) is 12.3. The number of hydrogen-bond donors (Lipinski definition) is 0. The Hall–Kier alpha value is -3.61. The number of ether oxygens (including phenoxy) is 1. The molecule has 0 N–H and O–H groups in total. The molecule has 0 atom stereocenters. The fourth-order valence-electron chi connectivity index (χ4n) is 5.59. The highest BCUT2D eigenvalue weighted by atomic mass is 19.1. The summed E-state index contributed by atoms with van der Waals surface area (Å²) < 4.78 is 25.2. The van der Waals surface area contributed by atoms with Gasteiger partial charge < -0.3 is 9.15 Å². The molecule has 3 aromatic carbocycles. The Kier molecular flexibility index (Phi) is 8.02. The van der Waals surface area contributed by atoms with Crippen molar-refractivity contribution < 1.29 is 23.1 Å². The second kappa shape index (κ2) is 11.5. The highest BCUT2D eigenvalue weighted by Gasteiger charge is 2.27. The van der Waals surface area contributed by atoms with Gasteiger partial charge >= 0.3 is 0 Å². The van der Waals surface area contributed by atoms with Crippen LogP contribution in [0.1, 0.15) is 59.9 Å². The monoisotopic (exact) mass is 541 g/mol. The Bertz CT molecular complexity index is 1540. The van der Waals surface area contributed by atoms with Gasteiger partial charge in [0.2, 0.25) is 0 Å². The number of benzene rings is 3. The number of hydrogen-bond acceptors (Lipinski definition) is 5. The maximum absolute atomic E-state index is 13.6. The van der Waals surface area contributed by atoms with E-state index < -0.39 is 0 Å². The molecule has 5 rings (SSSR count). The van der Waals surface area contributed by atoms with Gasteiger partial charge in [-0.05, 0) is 71.5 Å². The van der Waals surface area contributed by atoms with Gasteiger partial charge in [0, 0.05) is 49.0 Å². The first-order valence-electron chi connectivity index (χ1n) is 14.0. The lowest BCUT2D eigenvalue weighted by molar-refractivity contribution is 0.0203. The molecule has 1 aliphatic heterocycles. The summed E-state index contributed by atoms with van der Waals surface area (Å²) in [6, 6.07) is 17.6. The number of halogens is 1. The van der Waals surface area contributed by atoms with Crippen LogP contribution in [0, 0.1) is 18.2 Å². The molecule has 0 amide bonds. The number of rotatable bonds is 9. The zero-order chi connectivity index (χ0) is 28.4. The molecule has 6 heteroatoms. The van der Waals surface area contributed by atoms with Crippen molar-refractivity contribution in [3.8, 4) is 22.5 Å². The quantitative estimate of drug-likeness (QED) is 0.203. The van der Waals surface area contributed by atoms with Crippen LogP contribution in [-0.2, 0) is 4.74 Å². The second-order valence-electron chi connectivity index (χ2n) is 11.5. The van der Waals surface area contributed by atoms with Crippen LogP contribution in [0.15, 0.2) is 65.1 Å². The number of Topliss-reactive ketones (excluding diaryl/α,β-unsaturated/α-hetero) is 2. The normalized spacial score (nSPS) is 14.5. The second-order valence-corrected chi connectivity index (χ2v) is 11.5. The standard InChI is InChI=1S/C34H36FNO4/c1-5-29(37)32-28-18-24(10-13-31(28)40-33(32)23-8-11-26(35)12-9-23)27-19-25(7-6-22(27)2)30(38)20-34(3,4)21-36-14-16-39-17-15-36/h6-13,18-19H,5,14-17,20-21H2,1-4H3. The summed E-state index contributed by atoms with van der Waals surface area (Å²) in [6.07, 6.45) is 0.764. The molecule has 40 heavy (non-hydrogen) atoms. The van der Waals surface area contributed by atoms with Gasteiger partial charge in [-0.3, -0.25) is 14.5 Å². The Morgan fingerprint density at radius 2 is 1.62 bits per heavy atom. The van der Waals surface area contributed by atoms with Crippen molar-refractivity contribution in [3.63, 3.8) is 0 Å². The molecule has 1 aliphatic rings. The summed E-state index contributed by atoms with van der Waals surface area (Å²) in [5, 5.41) is 0.714. The van der Waals surface area contributed by atoms with Gasteiger partial charge in [0.25, 0.3) is 0 Å². The summed E-state index contributed by atoms with van der Waals surface area (Å²) in [5.74, 6) is 0.171. The van der Waals surface area contributed by atoms with Gasteiger partial charge in [-0.2, -0.15) is 0 Å². The molecule has 4 aromatic rings. The molecule has 0 aliphatic carbocycles. The summed E-state index contributed by atoms with van der Waals surface area (Å²) in [5.41, 5.74) is 5.15. The fraction of sp³-hybridized carbons (Fsp3) is 0.353. The highest BCUT2D eigenvalue weighted by molar-refractivity contribution is 6.12. The van der Waals surface area contributed by atoms with Crippen LogP contribution in [-0.4, -0.2) is 49.3 Å². The molecular weight excluding hydrogens is 505 g/mol. The minimum Gasteiger partial charge on any atom is -0.455 e. The molecule has 5 nitrogen and oxygen atoms in total. The number of furan rings is 1. The highest BCUT2D eigenvalue weighted by Crippen LogP contribution is 2.38. The maximum atomic E-state index is 13.6. The van der Waals surface area contributed by atoms with Crippen molar-refractivity contribution in [3.05, 3.63) is 83.2 Å². The lowest BCUT2D eigenvalue weighted by Gasteiger charge is -2.34. The zero-order valence-corrected chi connectivity index (χ0v) is 23.7. The summed E-state index contributed by atoms with van der Waals surface area (Å²) in [4.78, 5) is 28.9. The number of fused-ring (bicyclic) bond motifs is 1. The van der Waals surface area contributed by atoms with Crippen molar-refractivity contribution in [1.82, 2.24) is 4.90 Å². The third kappa shape index (κ3) is 5.93. The van der Waals surface area contributed by atoms with E-state index in [1.54, 1.807) is 12.1 Å². The van der Waals surface area contributed by atoms with Gasteiger partial charge in [0.1, 0.15) is 17.2 Å². The Morgan fingerprint density at radius 1 is 0.925 bits per heavy atom. The average molecular weight is 542 g/mol. The van der Waals surface area contributed by atoms with Crippen LogP contribution in [0.25, 0.3) is 33.4 Å². The first-order chi connectivity index (χ1) is 19.1. The predicted octanol–water partition coefficient (Wildman–Crippen LogP) is 7.74. The summed E-state index contributed by atoms with van der Waals surface area (Å²) in [7, 11) is 0. The molecule has 0 saturated carbocycles. The minimum absolute atomic E-state index is 0.0432. The molecule has 2 heterocycles. The molecule has 1 aromatic heterocycles. The van der Waals surface area contributed by atoms with Crippen molar-refractivity contribution in [2.75, 3.05) is 32.8 Å². The largest absolute Gasteiger partial charge is 0.455 e. The Balaban J connectivity index is 1.48. The molecular formula is C34H36FNO4. The lowest BCUT2D eigenvalue weighted by Crippen LogP contribution is -2.42. The topological polar surface area (TPSA) is 59.8 Å². The van der Waals surface area contributed by atoms with E-state index in [1.165, 1.54) is 12.1 Å². The number of morpholine rings is 1. The van der Waals surface area contributed by atoms with E-state index in [1.807, 2.05) is 50.2 Å². The molecule has 1 fully saturated rings. The van der Waals surface area contributed by atoms with Crippen molar-refractivity contribution >= 4 is 22.5 Å². The van der Waals surface area contributed by atoms with E-state index >= 15 is 0 Å². The first-order valence-corrected chi connectivity index (χ1v) is 14.0. The molecule has 0 spiro atoms. The zero-order valence-electron chi connectivity index (χ0n) is 23.7. The lowest BCUT2D eigenvalue weighted by atomic mass is 9.84. The van der Waals surface area contributed by atoms with Crippen LogP contribution in [0.4, 0.5) is 4.39 Å². The van der Waals surface area contributed by atoms with Crippen molar-refractivity contribution in [1.29, 1.82) is 0 Å². The molecule has 0 radical (unpaired) electrons. The van der Waals surface area contributed by atoms with Crippen molar-refractivity contribution in [2.24, 2.45) is 5.41 Å². The SMILES string of the molecule is CCC(=O)c1c(-c2ccc(F)cc2)oc2ccc(-c3cc(C(=O)CC(C)(C)CN4CCOCC4)ccc3C)cc12. The molecule has 0 unspecified atom stereocenters. The smallest absolute Gasteiger partial charge is 0.167 e. The number of nitrogens with zero attached hydrogens (tertiary/aromatic N) is 1. The van der Waals surface area contributed by atoms with E-state index in [0.717, 1.165) is 49.5 Å². The van der Waals surface area contributed by atoms with Crippen molar-refractivity contribution in [2.45, 2.75) is 40.5 Å². The number of ketones is 2. The maximum Gasteiger partial charge on any atom is 0.167 e. The van der Waals surface area contributed by atoms with E-state index in [0.29, 0.717) is 46.3 Å². The van der Waals surface area contributed by atoms with E-state index in [-0.39, 0.29) is 22.8 Å². The van der Waals surface area contributed by atoms with E-state index in [4.69, 9.17) is 9.15 Å². The average Bonchev–Trinajstić information content (AvgIpc) is 3.32. The third-order valence-electron chi connectivity index (χ3n) is 7.66. The number of carbonyl (C=O) groups excluding carboxylic acids is 2. The fourth-order valence-corrected chi connectivity index (χ4v) is 5.59. The van der Waals surface area contributed by atoms with Crippen LogP contribution >= 0.6 is 0 Å². The van der Waals surface area contributed by atoms with Gasteiger partial charge in [0.05, 0.1) is 18.8 Å². The molecule has 1 saturated heterocycles. The van der Waals surface area contributed by atoms with Crippen LogP contribution < -0.4 is 0 Å². The number of carbonyl (C=O) groups is 2. The predicted molar refractivity (Wildman–Crippen MR) is 156 cm³/mol. The van der Waals surface area contributed by atoms with Gasteiger partial charge in [0.15, 0.2) is 11.6 Å². The summed E-state index contributed by atoms with van der Waals surface area (Å²) >= 11 is 0. The number of aryl methyl sites for hydroxylation is 1.